The molecule has 2 unspecified atom stereocenters. The van der Waals surface area contributed by atoms with E-state index in [0.29, 0.717) is 6.42 Å². The minimum Gasteiger partial charge on any atom is -0.444 e. The maximum absolute atomic E-state index is 12.9. The molecule has 158 valence electrons. The van der Waals surface area contributed by atoms with Gasteiger partial charge in [-0.2, -0.15) is 13.2 Å². The van der Waals surface area contributed by atoms with Crippen LogP contribution in [0.25, 0.3) is 0 Å². The summed E-state index contributed by atoms with van der Waals surface area (Å²) in [6.45, 7) is 8.49. The van der Waals surface area contributed by atoms with E-state index in [9.17, 15) is 22.8 Å². The van der Waals surface area contributed by atoms with Crippen molar-refractivity contribution in [1.82, 2.24) is 10.8 Å². The number of carbonyl (C=O) groups excluding carboxylic acids is 2. The van der Waals surface area contributed by atoms with Crippen molar-refractivity contribution in [2.24, 2.45) is 0 Å². The molecule has 1 aromatic carbocycles. The van der Waals surface area contributed by atoms with Crippen LogP contribution >= 0.6 is 0 Å². The van der Waals surface area contributed by atoms with Gasteiger partial charge >= 0.3 is 12.3 Å². The molecule has 0 aromatic heterocycles. The molecule has 0 bridgehead atoms. The van der Waals surface area contributed by atoms with E-state index >= 15 is 0 Å². The van der Waals surface area contributed by atoms with Crippen molar-refractivity contribution in [3.05, 3.63) is 35.4 Å². The van der Waals surface area contributed by atoms with Crippen LogP contribution in [0.1, 0.15) is 58.1 Å². The zero-order valence-corrected chi connectivity index (χ0v) is 16.6. The van der Waals surface area contributed by atoms with E-state index in [2.05, 4.69) is 10.8 Å². The molecule has 2 atom stereocenters. The fourth-order valence-electron chi connectivity index (χ4n) is 2.36. The third-order valence-corrected chi connectivity index (χ3v) is 3.61. The molecule has 9 heteroatoms. The number of amides is 2. The minimum atomic E-state index is -4.48. The van der Waals surface area contributed by atoms with Crippen LogP contribution in [0.15, 0.2) is 24.3 Å². The maximum atomic E-state index is 12.9. The zero-order chi connectivity index (χ0) is 21.5. The van der Waals surface area contributed by atoms with E-state index in [4.69, 9.17) is 9.57 Å². The molecule has 6 nitrogen and oxygen atoms in total. The Labute approximate surface area is 162 Å². The average Bonchev–Trinajstić information content (AvgIpc) is 2.53. The molecule has 0 aliphatic carbocycles. The molecule has 0 aliphatic heterocycles. The summed E-state index contributed by atoms with van der Waals surface area (Å²) in [6.07, 6.45) is -4.81. The summed E-state index contributed by atoms with van der Waals surface area (Å²) in [4.78, 5) is 29.0. The highest BCUT2D eigenvalue weighted by Gasteiger charge is 2.31. The number of nitrogens with one attached hydrogen (secondary N) is 2. The largest absolute Gasteiger partial charge is 0.444 e. The number of hydrogen-bond acceptors (Lipinski definition) is 4. The van der Waals surface area contributed by atoms with Gasteiger partial charge in [-0.15, -0.1) is 0 Å². The fourth-order valence-corrected chi connectivity index (χ4v) is 2.36. The lowest BCUT2D eigenvalue weighted by Gasteiger charge is -2.22. The standard InChI is InChI=1S/C19H27F3N2O4/c1-6-15(13-8-7-9-14(10-13)19(20,21)22)16(25)24-27-11-12(2)23-17(26)28-18(3,4)5/h7-10,12,15H,6,11H2,1-5H3,(H,23,26)(H,24,25). The Morgan fingerprint density at radius 2 is 1.82 bits per heavy atom. The molecule has 1 rings (SSSR count). The number of benzene rings is 1. The Bertz CT molecular complexity index is 672. The number of hydrogen-bond donors (Lipinski definition) is 2. The Kier molecular flexibility index (Phi) is 8.29. The van der Waals surface area contributed by atoms with Crippen LogP contribution in [-0.2, 0) is 20.5 Å². The highest BCUT2D eigenvalue weighted by Crippen LogP contribution is 2.31. The second-order valence-electron chi connectivity index (χ2n) is 7.41. The number of ether oxygens (including phenoxy) is 1. The number of alkyl halides is 3. The lowest BCUT2D eigenvalue weighted by Crippen LogP contribution is -2.41. The van der Waals surface area contributed by atoms with Crippen molar-refractivity contribution in [1.29, 1.82) is 0 Å². The summed E-state index contributed by atoms with van der Waals surface area (Å²) in [5.74, 6) is -1.36. The smallest absolute Gasteiger partial charge is 0.416 e. The van der Waals surface area contributed by atoms with Crippen molar-refractivity contribution in [2.75, 3.05) is 6.61 Å². The zero-order valence-electron chi connectivity index (χ0n) is 16.6. The second-order valence-corrected chi connectivity index (χ2v) is 7.41. The first-order valence-electron chi connectivity index (χ1n) is 8.91. The van der Waals surface area contributed by atoms with Crippen LogP contribution in [-0.4, -0.2) is 30.3 Å². The van der Waals surface area contributed by atoms with Gasteiger partial charge in [-0.3, -0.25) is 9.63 Å². The molecule has 2 N–H and O–H groups in total. The monoisotopic (exact) mass is 404 g/mol. The topological polar surface area (TPSA) is 76.7 Å². The molecule has 1 aromatic rings. The Morgan fingerprint density at radius 3 is 2.36 bits per heavy atom. The first kappa shape index (κ1) is 23.7. The number of halogens is 3. The van der Waals surface area contributed by atoms with E-state index < -0.39 is 41.3 Å². The van der Waals surface area contributed by atoms with Gasteiger partial charge in [-0.25, -0.2) is 10.3 Å². The SMILES string of the molecule is CCC(C(=O)NOCC(C)NC(=O)OC(C)(C)C)c1cccc(C(F)(F)F)c1. The molecule has 0 spiro atoms. The van der Waals surface area contributed by atoms with Gasteiger partial charge in [0.05, 0.1) is 24.1 Å². The van der Waals surface area contributed by atoms with Crippen LogP contribution in [0.5, 0.6) is 0 Å². The van der Waals surface area contributed by atoms with Gasteiger partial charge in [0, 0.05) is 0 Å². The van der Waals surface area contributed by atoms with Gasteiger partial charge in [0.25, 0.3) is 5.91 Å². The summed E-state index contributed by atoms with van der Waals surface area (Å²) in [7, 11) is 0. The third-order valence-electron chi connectivity index (χ3n) is 3.61. The van der Waals surface area contributed by atoms with Gasteiger partial charge in [0.15, 0.2) is 0 Å². The molecular weight excluding hydrogens is 377 g/mol. The summed E-state index contributed by atoms with van der Waals surface area (Å²) in [6, 6.07) is 4.19. The fraction of sp³-hybridized carbons (Fsp3) is 0.579. The first-order valence-corrected chi connectivity index (χ1v) is 8.91. The van der Waals surface area contributed by atoms with E-state index in [0.717, 1.165) is 12.1 Å². The van der Waals surface area contributed by atoms with Gasteiger partial charge in [-0.1, -0.05) is 25.1 Å². The van der Waals surface area contributed by atoms with Crippen molar-refractivity contribution < 1.29 is 32.3 Å². The molecule has 0 radical (unpaired) electrons. The molecule has 0 aliphatic rings. The van der Waals surface area contributed by atoms with Crippen LogP contribution < -0.4 is 10.8 Å². The van der Waals surface area contributed by atoms with Crippen LogP contribution in [0.2, 0.25) is 0 Å². The molecule has 28 heavy (non-hydrogen) atoms. The van der Waals surface area contributed by atoms with Crippen molar-refractivity contribution >= 4 is 12.0 Å². The molecular formula is C19H27F3N2O4. The lowest BCUT2D eigenvalue weighted by atomic mass is 9.94. The van der Waals surface area contributed by atoms with Crippen LogP contribution in [0.3, 0.4) is 0 Å². The van der Waals surface area contributed by atoms with Crippen LogP contribution in [0.4, 0.5) is 18.0 Å². The lowest BCUT2D eigenvalue weighted by molar-refractivity contribution is -0.138. The minimum absolute atomic E-state index is 0.0377. The highest BCUT2D eigenvalue weighted by molar-refractivity contribution is 5.82. The summed E-state index contributed by atoms with van der Waals surface area (Å²) in [5.41, 5.74) is 1.03. The Hall–Kier alpha value is -2.29. The molecule has 0 heterocycles. The van der Waals surface area contributed by atoms with Crippen molar-refractivity contribution in [3.63, 3.8) is 0 Å². The highest BCUT2D eigenvalue weighted by atomic mass is 19.4. The van der Waals surface area contributed by atoms with Gasteiger partial charge in [0.1, 0.15) is 5.60 Å². The van der Waals surface area contributed by atoms with Crippen molar-refractivity contribution in [3.8, 4) is 0 Å². The molecule has 0 saturated carbocycles. The average molecular weight is 404 g/mol. The Morgan fingerprint density at radius 1 is 1.18 bits per heavy atom. The first-order chi connectivity index (χ1) is 12.8. The van der Waals surface area contributed by atoms with E-state index in [-0.39, 0.29) is 12.2 Å². The van der Waals surface area contributed by atoms with Crippen molar-refractivity contribution in [2.45, 2.75) is 64.8 Å². The maximum Gasteiger partial charge on any atom is 0.416 e. The molecule has 2 amide bonds. The third kappa shape index (κ3) is 8.16. The van der Waals surface area contributed by atoms with Crippen LogP contribution in [0, 0.1) is 0 Å². The van der Waals surface area contributed by atoms with E-state index in [1.165, 1.54) is 12.1 Å². The summed E-state index contributed by atoms with van der Waals surface area (Å²) < 4.78 is 43.7. The normalized spacial score (nSPS) is 14.1. The Balaban J connectivity index is 2.58. The number of rotatable bonds is 7. The second kappa shape index (κ2) is 9.77. The predicted octanol–water partition coefficient (Wildman–Crippen LogP) is 4.16. The molecule has 0 saturated heterocycles. The number of carbonyl (C=O) groups is 2. The number of alkyl carbamates (subject to hydrolysis) is 1. The summed E-state index contributed by atoms with van der Waals surface area (Å²) in [5, 5.41) is 2.55. The van der Waals surface area contributed by atoms with E-state index in [1.54, 1.807) is 34.6 Å². The number of hydroxylamine groups is 1. The predicted molar refractivity (Wildman–Crippen MR) is 97.4 cm³/mol. The molecule has 0 fully saturated rings. The van der Waals surface area contributed by atoms with Gasteiger partial charge in [0.2, 0.25) is 0 Å². The van der Waals surface area contributed by atoms with E-state index in [1.807, 2.05) is 0 Å². The summed E-state index contributed by atoms with van der Waals surface area (Å²) >= 11 is 0. The van der Waals surface area contributed by atoms with Gasteiger partial charge < -0.3 is 10.1 Å². The van der Waals surface area contributed by atoms with Gasteiger partial charge in [-0.05, 0) is 45.7 Å². The quantitative estimate of drug-likeness (QED) is 0.669.